The van der Waals surface area contributed by atoms with Crippen molar-refractivity contribution in [3.05, 3.63) is 69.9 Å². The van der Waals surface area contributed by atoms with E-state index < -0.39 is 12.0 Å². The molecule has 0 unspecified atom stereocenters. The first-order valence-corrected chi connectivity index (χ1v) is 10.2. The number of allylic oxidation sites excluding steroid dienone is 1. The van der Waals surface area contributed by atoms with Crippen molar-refractivity contribution in [1.29, 1.82) is 0 Å². The van der Waals surface area contributed by atoms with Crippen LogP contribution in [0.5, 0.6) is 11.5 Å². The predicted molar refractivity (Wildman–Crippen MR) is 120 cm³/mol. The predicted octanol–water partition coefficient (Wildman–Crippen LogP) is 4.28. The van der Waals surface area contributed by atoms with Crippen molar-refractivity contribution >= 4 is 34.9 Å². The Bertz CT molecular complexity index is 976. The van der Waals surface area contributed by atoms with Crippen LogP contribution in [-0.2, 0) is 16.1 Å². The Balaban J connectivity index is 1.86. The molecule has 0 aliphatic carbocycles. The van der Waals surface area contributed by atoms with E-state index in [9.17, 15) is 4.79 Å². The van der Waals surface area contributed by atoms with E-state index in [1.807, 2.05) is 42.5 Å². The Morgan fingerprint density at radius 2 is 1.90 bits per heavy atom. The smallest absolute Gasteiger partial charge is 0.338 e. The number of carbonyl (C=O) groups excluding carboxylic acids is 1. The second-order valence-corrected chi connectivity index (χ2v) is 7.46. The monoisotopic (exact) mass is 446 g/mol. The summed E-state index contributed by atoms with van der Waals surface area (Å²) >= 11 is 11.2. The SMILES string of the molecule is CCOC(=O)C1=C(C)NC(=S)N[C@@H]1c1ccc(OCc2ccc(Cl)cc2)c(OC)c1. The lowest BCUT2D eigenvalue weighted by Gasteiger charge is -2.30. The van der Waals surface area contributed by atoms with Crippen molar-refractivity contribution in [3.8, 4) is 11.5 Å². The summed E-state index contributed by atoms with van der Waals surface area (Å²) in [5, 5.41) is 7.24. The van der Waals surface area contributed by atoms with Gasteiger partial charge in [-0.15, -0.1) is 0 Å². The molecular formula is C22H23ClN2O4S. The minimum atomic E-state index is -0.461. The van der Waals surface area contributed by atoms with Gasteiger partial charge >= 0.3 is 5.97 Å². The zero-order valence-electron chi connectivity index (χ0n) is 17.0. The maximum atomic E-state index is 12.5. The molecule has 0 saturated carbocycles. The fourth-order valence-corrected chi connectivity index (χ4v) is 3.54. The van der Waals surface area contributed by atoms with Crippen LogP contribution < -0.4 is 20.1 Å². The van der Waals surface area contributed by atoms with E-state index in [2.05, 4.69) is 10.6 Å². The van der Waals surface area contributed by atoms with Gasteiger partial charge in [0, 0.05) is 10.7 Å². The van der Waals surface area contributed by atoms with Crippen LogP contribution in [0, 0.1) is 0 Å². The van der Waals surface area contributed by atoms with Crippen molar-refractivity contribution in [3.63, 3.8) is 0 Å². The molecule has 3 rings (SSSR count). The summed E-state index contributed by atoms with van der Waals surface area (Å²) in [6, 6.07) is 12.5. The zero-order valence-corrected chi connectivity index (χ0v) is 18.5. The number of esters is 1. The van der Waals surface area contributed by atoms with Gasteiger partial charge in [-0.3, -0.25) is 0 Å². The fourth-order valence-electron chi connectivity index (χ4n) is 3.15. The lowest BCUT2D eigenvalue weighted by atomic mass is 9.95. The van der Waals surface area contributed by atoms with Gasteiger partial charge in [0.05, 0.1) is 25.3 Å². The molecule has 0 amide bonds. The van der Waals surface area contributed by atoms with E-state index in [1.54, 1.807) is 21.0 Å². The van der Waals surface area contributed by atoms with Crippen molar-refractivity contribution in [2.75, 3.05) is 13.7 Å². The minimum Gasteiger partial charge on any atom is -0.493 e. The highest BCUT2D eigenvalue weighted by molar-refractivity contribution is 7.80. The molecule has 2 aromatic rings. The molecule has 0 spiro atoms. The lowest BCUT2D eigenvalue weighted by Crippen LogP contribution is -2.45. The molecule has 8 heteroatoms. The molecule has 158 valence electrons. The third-order valence-electron chi connectivity index (χ3n) is 4.59. The highest BCUT2D eigenvalue weighted by atomic mass is 35.5. The highest BCUT2D eigenvalue weighted by Crippen LogP contribution is 2.35. The molecule has 1 heterocycles. The molecule has 1 aliphatic heterocycles. The normalized spacial score (nSPS) is 15.9. The zero-order chi connectivity index (χ0) is 21.7. The number of hydrogen-bond donors (Lipinski definition) is 2. The van der Waals surface area contributed by atoms with E-state index in [0.717, 1.165) is 11.1 Å². The van der Waals surface area contributed by atoms with Gasteiger partial charge in [0.15, 0.2) is 16.6 Å². The van der Waals surface area contributed by atoms with Gasteiger partial charge in [-0.2, -0.15) is 0 Å². The first kappa shape index (κ1) is 21.9. The van der Waals surface area contributed by atoms with Gasteiger partial charge in [-0.05, 0) is 61.5 Å². The van der Waals surface area contributed by atoms with E-state index in [4.69, 9.17) is 38.0 Å². The molecule has 1 atom stereocenters. The number of ether oxygens (including phenoxy) is 3. The molecule has 0 bridgehead atoms. The van der Waals surface area contributed by atoms with Crippen molar-refractivity contribution in [1.82, 2.24) is 10.6 Å². The summed E-state index contributed by atoms with van der Waals surface area (Å²) in [7, 11) is 1.57. The van der Waals surface area contributed by atoms with Crippen LogP contribution in [0.3, 0.4) is 0 Å². The Kier molecular flexibility index (Phi) is 7.18. The van der Waals surface area contributed by atoms with Gasteiger partial charge in [-0.25, -0.2) is 4.79 Å². The van der Waals surface area contributed by atoms with Gasteiger partial charge in [0.1, 0.15) is 6.61 Å². The molecular weight excluding hydrogens is 424 g/mol. The second kappa shape index (κ2) is 9.82. The average Bonchev–Trinajstić information content (AvgIpc) is 2.72. The van der Waals surface area contributed by atoms with Crippen molar-refractivity contribution in [2.45, 2.75) is 26.5 Å². The number of benzene rings is 2. The van der Waals surface area contributed by atoms with Crippen LogP contribution in [0.15, 0.2) is 53.7 Å². The van der Waals surface area contributed by atoms with Gasteiger partial charge < -0.3 is 24.8 Å². The first-order valence-electron chi connectivity index (χ1n) is 9.43. The Labute approximate surface area is 186 Å². The van der Waals surface area contributed by atoms with E-state index in [0.29, 0.717) is 39.5 Å². The molecule has 6 nitrogen and oxygen atoms in total. The van der Waals surface area contributed by atoms with Crippen molar-refractivity contribution in [2.24, 2.45) is 0 Å². The molecule has 0 aromatic heterocycles. The number of thiocarbonyl (C=S) groups is 1. The summed E-state index contributed by atoms with van der Waals surface area (Å²) in [5.74, 6) is 0.740. The summed E-state index contributed by atoms with van der Waals surface area (Å²) < 4.78 is 16.7. The number of carbonyl (C=O) groups is 1. The number of halogens is 1. The minimum absolute atomic E-state index is 0.285. The fraction of sp³-hybridized carbons (Fsp3) is 0.273. The lowest BCUT2D eigenvalue weighted by molar-refractivity contribution is -0.139. The van der Waals surface area contributed by atoms with Gasteiger partial charge in [0.25, 0.3) is 0 Å². The maximum absolute atomic E-state index is 12.5. The van der Waals surface area contributed by atoms with E-state index in [1.165, 1.54) is 0 Å². The maximum Gasteiger partial charge on any atom is 0.338 e. The Morgan fingerprint density at radius 3 is 2.57 bits per heavy atom. The molecule has 0 radical (unpaired) electrons. The summed E-state index contributed by atoms with van der Waals surface area (Å²) in [5.41, 5.74) is 2.92. The third-order valence-corrected chi connectivity index (χ3v) is 5.06. The summed E-state index contributed by atoms with van der Waals surface area (Å²) in [4.78, 5) is 12.5. The van der Waals surface area contributed by atoms with Crippen LogP contribution in [0.1, 0.15) is 31.0 Å². The van der Waals surface area contributed by atoms with Crippen LogP contribution >= 0.6 is 23.8 Å². The summed E-state index contributed by atoms with van der Waals surface area (Å²) in [6.07, 6.45) is 0. The van der Waals surface area contributed by atoms with E-state index in [-0.39, 0.29) is 6.61 Å². The van der Waals surface area contributed by atoms with Crippen LogP contribution in [-0.4, -0.2) is 24.8 Å². The van der Waals surface area contributed by atoms with Crippen molar-refractivity contribution < 1.29 is 19.0 Å². The molecule has 2 N–H and O–H groups in total. The number of hydrogen-bond acceptors (Lipinski definition) is 5. The first-order chi connectivity index (χ1) is 14.4. The molecule has 2 aromatic carbocycles. The third kappa shape index (κ3) is 5.04. The highest BCUT2D eigenvalue weighted by Gasteiger charge is 2.31. The Hall–Kier alpha value is -2.77. The van der Waals surface area contributed by atoms with Crippen LogP contribution in [0.2, 0.25) is 5.02 Å². The van der Waals surface area contributed by atoms with Gasteiger partial charge in [0.2, 0.25) is 0 Å². The molecule has 1 aliphatic rings. The average molecular weight is 447 g/mol. The molecule has 0 saturated heterocycles. The standard InChI is InChI=1S/C22H23ClN2O4S/c1-4-28-21(26)19-13(2)24-22(30)25-20(19)15-7-10-17(18(11-15)27-3)29-12-14-5-8-16(23)9-6-14/h5-11,20H,4,12H2,1-3H3,(H2,24,25,30)/t20-/m1/s1. The summed E-state index contributed by atoms with van der Waals surface area (Å²) in [6.45, 7) is 4.23. The number of rotatable bonds is 7. The largest absolute Gasteiger partial charge is 0.493 e. The van der Waals surface area contributed by atoms with Gasteiger partial charge in [-0.1, -0.05) is 29.8 Å². The van der Waals surface area contributed by atoms with Crippen LogP contribution in [0.25, 0.3) is 0 Å². The van der Waals surface area contributed by atoms with Crippen LogP contribution in [0.4, 0.5) is 0 Å². The quantitative estimate of drug-likeness (QED) is 0.485. The second-order valence-electron chi connectivity index (χ2n) is 6.62. The number of nitrogens with one attached hydrogen (secondary N) is 2. The number of methoxy groups -OCH3 is 1. The molecule has 30 heavy (non-hydrogen) atoms. The Morgan fingerprint density at radius 1 is 1.17 bits per heavy atom. The molecule has 0 fully saturated rings. The topological polar surface area (TPSA) is 68.8 Å². The van der Waals surface area contributed by atoms with E-state index >= 15 is 0 Å².